The van der Waals surface area contributed by atoms with Crippen LogP contribution in [0, 0.1) is 12.8 Å². The molecule has 112 valence electrons. The van der Waals surface area contributed by atoms with Crippen molar-refractivity contribution in [2.75, 3.05) is 33.4 Å². The number of aryl methyl sites for hydroxylation is 1. The summed E-state index contributed by atoms with van der Waals surface area (Å²) in [7, 11) is 1.59. The lowest BCUT2D eigenvalue weighted by atomic mass is 10.0. The van der Waals surface area contributed by atoms with Crippen molar-refractivity contribution in [3.8, 4) is 11.5 Å². The Labute approximate surface area is 125 Å². The van der Waals surface area contributed by atoms with Crippen LogP contribution in [-0.2, 0) is 4.79 Å². The predicted molar refractivity (Wildman–Crippen MR) is 79.8 cm³/mol. The van der Waals surface area contributed by atoms with Crippen LogP contribution in [0.25, 0.3) is 0 Å². The molecular formula is C14H21ClN2O3. The molecule has 5 nitrogen and oxygen atoms in total. The van der Waals surface area contributed by atoms with Crippen LogP contribution >= 0.6 is 12.4 Å². The molecule has 2 N–H and O–H groups in total. The number of hydrogen-bond acceptors (Lipinski definition) is 4. The van der Waals surface area contributed by atoms with Crippen LogP contribution in [-0.4, -0.2) is 39.3 Å². The minimum Gasteiger partial charge on any atom is -0.493 e. The minimum atomic E-state index is -0.102. The van der Waals surface area contributed by atoms with E-state index in [1.165, 1.54) is 0 Å². The first-order valence-corrected chi connectivity index (χ1v) is 6.44. The molecule has 1 aromatic rings. The Hall–Kier alpha value is -1.46. The highest BCUT2D eigenvalue weighted by Crippen LogP contribution is 2.27. The zero-order valence-corrected chi connectivity index (χ0v) is 12.6. The predicted octanol–water partition coefficient (Wildman–Crippen LogP) is 1.14. The standard InChI is InChI=1S/C14H20N2O3.ClH/c1-10-3-4-12(13(5-10)18-2)19-9-14(17)16-8-11-6-15-7-11;/h3-5,11,15H,6-9H2,1-2H3,(H,16,17);1H. The molecular weight excluding hydrogens is 280 g/mol. The molecule has 0 spiro atoms. The molecule has 0 aromatic heterocycles. The fourth-order valence-corrected chi connectivity index (χ4v) is 1.84. The normalized spacial score (nSPS) is 13.9. The monoisotopic (exact) mass is 300 g/mol. The summed E-state index contributed by atoms with van der Waals surface area (Å²) in [6, 6.07) is 5.63. The summed E-state index contributed by atoms with van der Waals surface area (Å²) in [5.41, 5.74) is 1.09. The number of carbonyl (C=O) groups is 1. The van der Waals surface area contributed by atoms with Crippen LogP contribution in [0.1, 0.15) is 5.56 Å². The molecule has 20 heavy (non-hydrogen) atoms. The van der Waals surface area contributed by atoms with Gasteiger partial charge < -0.3 is 20.1 Å². The van der Waals surface area contributed by atoms with E-state index in [9.17, 15) is 4.79 Å². The maximum atomic E-state index is 11.6. The third-order valence-corrected chi connectivity index (χ3v) is 3.13. The average Bonchev–Trinajstić information content (AvgIpc) is 2.35. The SMILES string of the molecule is COc1cc(C)ccc1OCC(=O)NCC1CNC1.Cl. The van der Waals surface area contributed by atoms with Crippen LogP contribution < -0.4 is 20.1 Å². The Bertz CT molecular complexity index is 450. The van der Waals surface area contributed by atoms with Crippen molar-refractivity contribution >= 4 is 18.3 Å². The molecule has 0 radical (unpaired) electrons. The van der Waals surface area contributed by atoms with Crippen molar-refractivity contribution in [2.24, 2.45) is 5.92 Å². The lowest BCUT2D eigenvalue weighted by Gasteiger charge is -2.27. The van der Waals surface area contributed by atoms with E-state index in [1.807, 2.05) is 25.1 Å². The second kappa shape index (κ2) is 7.97. The summed E-state index contributed by atoms with van der Waals surface area (Å²) in [6.45, 7) is 4.66. The van der Waals surface area contributed by atoms with Gasteiger partial charge in [0.25, 0.3) is 5.91 Å². The molecule has 6 heteroatoms. The zero-order valence-electron chi connectivity index (χ0n) is 11.8. The maximum absolute atomic E-state index is 11.6. The molecule has 1 aliphatic rings. The zero-order chi connectivity index (χ0) is 13.7. The Morgan fingerprint density at radius 3 is 2.75 bits per heavy atom. The number of carbonyl (C=O) groups excluding carboxylic acids is 1. The number of nitrogens with one attached hydrogen (secondary N) is 2. The van der Waals surface area contributed by atoms with E-state index in [-0.39, 0.29) is 24.9 Å². The molecule has 1 heterocycles. The van der Waals surface area contributed by atoms with E-state index in [4.69, 9.17) is 9.47 Å². The van der Waals surface area contributed by atoms with E-state index in [0.717, 1.165) is 18.7 Å². The number of methoxy groups -OCH3 is 1. The number of amides is 1. The van der Waals surface area contributed by atoms with Gasteiger partial charge in [0.2, 0.25) is 0 Å². The van der Waals surface area contributed by atoms with Gasteiger partial charge in [-0.2, -0.15) is 0 Å². The van der Waals surface area contributed by atoms with Crippen molar-refractivity contribution in [3.63, 3.8) is 0 Å². The molecule has 0 unspecified atom stereocenters. The summed E-state index contributed by atoms with van der Waals surface area (Å²) in [6.07, 6.45) is 0. The fraction of sp³-hybridized carbons (Fsp3) is 0.500. The Kier molecular flexibility index (Phi) is 6.61. The third-order valence-electron chi connectivity index (χ3n) is 3.13. The van der Waals surface area contributed by atoms with Gasteiger partial charge in [0.05, 0.1) is 7.11 Å². The average molecular weight is 301 g/mol. The van der Waals surface area contributed by atoms with Gasteiger partial charge in [-0.05, 0) is 24.6 Å². The van der Waals surface area contributed by atoms with E-state index in [0.29, 0.717) is 24.0 Å². The number of hydrogen-bond donors (Lipinski definition) is 2. The van der Waals surface area contributed by atoms with Gasteiger partial charge in [-0.3, -0.25) is 4.79 Å². The number of halogens is 1. The molecule has 0 saturated carbocycles. The van der Waals surface area contributed by atoms with E-state index >= 15 is 0 Å². The van der Waals surface area contributed by atoms with Crippen LogP contribution in [0.4, 0.5) is 0 Å². The highest BCUT2D eigenvalue weighted by atomic mass is 35.5. The number of benzene rings is 1. The van der Waals surface area contributed by atoms with Crippen molar-refractivity contribution in [1.82, 2.24) is 10.6 Å². The lowest BCUT2D eigenvalue weighted by Crippen LogP contribution is -2.48. The van der Waals surface area contributed by atoms with E-state index < -0.39 is 0 Å². The largest absolute Gasteiger partial charge is 0.493 e. The van der Waals surface area contributed by atoms with Crippen LogP contribution in [0.3, 0.4) is 0 Å². The first-order valence-electron chi connectivity index (χ1n) is 6.44. The lowest BCUT2D eigenvalue weighted by molar-refractivity contribution is -0.123. The van der Waals surface area contributed by atoms with Gasteiger partial charge >= 0.3 is 0 Å². The Balaban J connectivity index is 0.00000200. The molecule has 0 aliphatic carbocycles. The third kappa shape index (κ3) is 4.58. The summed E-state index contributed by atoms with van der Waals surface area (Å²) >= 11 is 0. The molecule has 0 bridgehead atoms. The van der Waals surface area contributed by atoms with Crippen molar-refractivity contribution in [1.29, 1.82) is 0 Å². The van der Waals surface area contributed by atoms with Crippen molar-refractivity contribution in [2.45, 2.75) is 6.92 Å². The molecule has 0 atom stereocenters. The molecule has 1 aliphatic heterocycles. The molecule has 1 aromatic carbocycles. The summed E-state index contributed by atoms with van der Waals surface area (Å²) < 4.78 is 10.7. The Morgan fingerprint density at radius 1 is 1.40 bits per heavy atom. The second-order valence-corrected chi connectivity index (χ2v) is 4.77. The van der Waals surface area contributed by atoms with E-state index in [2.05, 4.69) is 10.6 Å². The molecule has 1 fully saturated rings. The molecule has 1 amide bonds. The highest BCUT2D eigenvalue weighted by Gasteiger charge is 2.17. The maximum Gasteiger partial charge on any atom is 0.257 e. The summed E-state index contributed by atoms with van der Waals surface area (Å²) in [5.74, 6) is 1.69. The molecule has 1 saturated heterocycles. The quantitative estimate of drug-likeness (QED) is 0.827. The smallest absolute Gasteiger partial charge is 0.257 e. The van der Waals surface area contributed by atoms with Gasteiger partial charge in [-0.25, -0.2) is 0 Å². The van der Waals surface area contributed by atoms with Gasteiger partial charge in [0.1, 0.15) is 0 Å². The van der Waals surface area contributed by atoms with Gasteiger partial charge in [0.15, 0.2) is 18.1 Å². The number of rotatable bonds is 6. The molecule has 2 rings (SSSR count). The van der Waals surface area contributed by atoms with Crippen LogP contribution in [0.15, 0.2) is 18.2 Å². The van der Waals surface area contributed by atoms with Gasteiger partial charge in [-0.15, -0.1) is 12.4 Å². The fourth-order valence-electron chi connectivity index (χ4n) is 1.84. The first kappa shape index (κ1) is 16.6. The topological polar surface area (TPSA) is 59.6 Å². The van der Waals surface area contributed by atoms with E-state index in [1.54, 1.807) is 7.11 Å². The Morgan fingerprint density at radius 2 is 2.15 bits per heavy atom. The van der Waals surface area contributed by atoms with Gasteiger partial charge in [0, 0.05) is 25.6 Å². The minimum absolute atomic E-state index is 0. The van der Waals surface area contributed by atoms with Gasteiger partial charge in [-0.1, -0.05) is 6.07 Å². The van der Waals surface area contributed by atoms with Crippen LogP contribution in [0.2, 0.25) is 0 Å². The summed E-state index contributed by atoms with van der Waals surface area (Å²) in [4.78, 5) is 11.6. The summed E-state index contributed by atoms with van der Waals surface area (Å²) in [5, 5.41) is 6.02. The van der Waals surface area contributed by atoms with Crippen molar-refractivity contribution in [3.05, 3.63) is 23.8 Å². The first-order chi connectivity index (χ1) is 9.19. The van der Waals surface area contributed by atoms with Crippen molar-refractivity contribution < 1.29 is 14.3 Å². The second-order valence-electron chi connectivity index (χ2n) is 4.77. The number of ether oxygens (including phenoxy) is 2. The van der Waals surface area contributed by atoms with Crippen LogP contribution in [0.5, 0.6) is 11.5 Å². The highest BCUT2D eigenvalue weighted by molar-refractivity contribution is 5.85.